The minimum absolute atomic E-state index is 0.272. The van der Waals surface area contributed by atoms with E-state index in [9.17, 15) is 4.79 Å². The lowest BCUT2D eigenvalue weighted by Gasteiger charge is -1.98. The zero-order valence-corrected chi connectivity index (χ0v) is 13.7. The van der Waals surface area contributed by atoms with E-state index in [1.165, 1.54) is 6.21 Å². The molecule has 24 heavy (non-hydrogen) atoms. The molecule has 8 heteroatoms. The van der Waals surface area contributed by atoms with Gasteiger partial charge >= 0.3 is 0 Å². The summed E-state index contributed by atoms with van der Waals surface area (Å²) in [5, 5.41) is 11.5. The van der Waals surface area contributed by atoms with E-state index in [0.29, 0.717) is 21.4 Å². The monoisotopic (exact) mass is 359 g/mol. The van der Waals surface area contributed by atoms with Crippen LogP contribution in [0.5, 0.6) is 0 Å². The van der Waals surface area contributed by atoms with Crippen LogP contribution >= 0.6 is 23.2 Å². The van der Waals surface area contributed by atoms with Gasteiger partial charge in [0.2, 0.25) is 0 Å². The molecule has 0 aliphatic carbocycles. The van der Waals surface area contributed by atoms with E-state index in [1.807, 2.05) is 6.07 Å². The summed E-state index contributed by atoms with van der Waals surface area (Å²) < 4.78 is 0. The van der Waals surface area contributed by atoms with Crippen LogP contribution in [0.2, 0.25) is 10.0 Å². The Morgan fingerprint density at radius 2 is 2.04 bits per heavy atom. The smallest absolute Gasteiger partial charge is 0.272 e. The molecule has 0 aliphatic rings. The maximum Gasteiger partial charge on any atom is 0.289 e. The van der Waals surface area contributed by atoms with E-state index in [4.69, 9.17) is 23.2 Å². The summed E-state index contributed by atoms with van der Waals surface area (Å²) in [5.41, 5.74) is 4.64. The molecule has 0 radical (unpaired) electrons. The van der Waals surface area contributed by atoms with Gasteiger partial charge in [-0.2, -0.15) is 10.2 Å². The average Bonchev–Trinajstić information content (AvgIpc) is 3.08. The Balaban J connectivity index is 1.69. The van der Waals surface area contributed by atoms with Crippen molar-refractivity contribution < 1.29 is 4.79 Å². The molecule has 2 aromatic heterocycles. The number of halogens is 2. The van der Waals surface area contributed by atoms with E-state index >= 15 is 0 Å². The van der Waals surface area contributed by atoms with Crippen molar-refractivity contribution in [2.24, 2.45) is 5.10 Å². The summed E-state index contributed by atoms with van der Waals surface area (Å²) in [7, 11) is 0. The second-order valence-electron chi connectivity index (χ2n) is 4.75. The predicted molar refractivity (Wildman–Crippen MR) is 93.3 cm³/mol. The van der Waals surface area contributed by atoms with Gasteiger partial charge in [0.25, 0.3) is 5.91 Å². The summed E-state index contributed by atoms with van der Waals surface area (Å²) in [6.07, 6.45) is 3.09. The highest BCUT2D eigenvalue weighted by atomic mass is 35.5. The number of nitrogens with one attached hydrogen (secondary N) is 2. The number of hydrogen-bond acceptors (Lipinski definition) is 4. The number of nitrogens with zero attached hydrogens (tertiary/aromatic N) is 3. The maximum absolute atomic E-state index is 12.0. The van der Waals surface area contributed by atoms with Crippen LogP contribution in [0.3, 0.4) is 0 Å². The summed E-state index contributed by atoms with van der Waals surface area (Å²) in [5.74, 6) is -0.416. The molecule has 0 saturated heterocycles. The minimum atomic E-state index is -0.416. The molecule has 0 bridgehead atoms. The molecule has 1 aromatic carbocycles. The molecule has 0 aliphatic heterocycles. The van der Waals surface area contributed by atoms with Crippen LogP contribution in [0.1, 0.15) is 16.2 Å². The fourth-order valence-electron chi connectivity index (χ4n) is 1.91. The van der Waals surface area contributed by atoms with Crippen molar-refractivity contribution in [1.29, 1.82) is 0 Å². The zero-order valence-electron chi connectivity index (χ0n) is 12.2. The second kappa shape index (κ2) is 7.25. The number of aromatic amines is 1. The normalized spacial score (nSPS) is 10.9. The molecular formula is C16H11Cl2N5O. The Morgan fingerprint density at radius 3 is 2.79 bits per heavy atom. The number of hydrogen-bond donors (Lipinski definition) is 2. The molecule has 0 atom stereocenters. The second-order valence-corrected chi connectivity index (χ2v) is 5.56. The summed E-state index contributed by atoms with van der Waals surface area (Å²) in [6.45, 7) is 0. The van der Waals surface area contributed by atoms with Crippen molar-refractivity contribution in [2.45, 2.75) is 0 Å². The molecule has 3 rings (SSSR count). The van der Waals surface area contributed by atoms with E-state index in [-0.39, 0.29) is 5.69 Å². The lowest BCUT2D eigenvalue weighted by molar-refractivity contribution is 0.0950. The van der Waals surface area contributed by atoms with Crippen LogP contribution in [0.25, 0.3) is 11.3 Å². The Labute approximate surface area is 147 Å². The van der Waals surface area contributed by atoms with Gasteiger partial charge in [-0.1, -0.05) is 35.3 Å². The number of H-pyrrole nitrogens is 1. The molecule has 0 saturated carbocycles. The third-order valence-corrected chi connectivity index (χ3v) is 3.83. The van der Waals surface area contributed by atoms with Crippen LogP contribution in [0.15, 0.2) is 53.8 Å². The Bertz CT molecular complexity index is 892. The lowest BCUT2D eigenvalue weighted by atomic mass is 10.1. The van der Waals surface area contributed by atoms with Crippen molar-refractivity contribution in [2.75, 3.05) is 0 Å². The molecule has 6 nitrogen and oxygen atoms in total. The van der Waals surface area contributed by atoms with Crippen LogP contribution in [0, 0.1) is 0 Å². The molecule has 1 amide bonds. The lowest BCUT2D eigenvalue weighted by Crippen LogP contribution is -2.18. The summed E-state index contributed by atoms with van der Waals surface area (Å²) in [4.78, 5) is 16.1. The van der Waals surface area contributed by atoms with Gasteiger partial charge in [-0.15, -0.1) is 0 Å². The number of rotatable bonds is 4. The van der Waals surface area contributed by atoms with E-state index < -0.39 is 5.91 Å². The third-order valence-electron chi connectivity index (χ3n) is 3.09. The number of amides is 1. The van der Waals surface area contributed by atoms with Crippen LogP contribution < -0.4 is 5.43 Å². The summed E-state index contributed by atoms with van der Waals surface area (Å²) >= 11 is 11.9. The van der Waals surface area contributed by atoms with Gasteiger partial charge in [0.05, 0.1) is 27.6 Å². The van der Waals surface area contributed by atoms with Gasteiger partial charge in [0, 0.05) is 11.8 Å². The highest BCUT2D eigenvalue weighted by Gasteiger charge is 2.11. The average molecular weight is 360 g/mol. The number of carbonyl (C=O) groups excluding carboxylic acids is 1. The van der Waals surface area contributed by atoms with Crippen molar-refractivity contribution in [3.8, 4) is 11.3 Å². The highest BCUT2D eigenvalue weighted by Crippen LogP contribution is 2.27. The quantitative estimate of drug-likeness (QED) is 0.551. The molecule has 2 heterocycles. The van der Waals surface area contributed by atoms with E-state index in [1.54, 1.807) is 42.6 Å². The standard InChI is InChI=1S/C16H11Cl2N5O/c17-12-5-4-10(7-13(12)18)14-8-15(22-21-14)16(24)23-20-9-11-3-1-2-6-19-11/h1-9H,(H,21,22)(H,23,24)/b20-9+. The van der Waals surface area contributed by atoms with Gasteiger partial charge in [-0.25, -0.2) is 5.43 Å². The molecule has 0 spiro atoms. The topological polar surface area (TPSA) is 83.0 Å². The SMILES string of the molecule is O=C(N/N=C/c1ccccn1)c1cc(-c2ccc(Cl)c(Cl)c2)n[nH]1. The molecule has 120 valence electrons. The van der Waals surface area contributed by atoms with Crippen LogP contribution in [-0.2, 0) is 0 Å². The van der Waals surface area contributed by atoms with Crippen LogP contribution in [-0.4, -0.2) is 27.3 Å². The number of carbonyl (C=O) groups is 1. The number of benzene rings is 1. The first-order chi connectivity index (χ1) is 11.6. The van der Waals surface area contributed by atoms with Crippen LogP contribution in [0.4, 0.5) is 0 Å². The van der Waals surface area contributed by atoms with Crippen molar-refractivity contribution in [3.05, 3.63) is 70.1 Å². The summed E-state index contributed by atoms with van der Waals surface area (Å²) in [6, 6.07) is 12.1. The van der Waals surface area contributed by atoms with E-state index in [2.05, 4.69) is 25.7 Å². The van der Waals surface area contributed by atoms with Gasteiger partial charge in [0.15, 0.2) is 0 Å². The molecular weight excluding hydrogens is 349 g/mol. The molecule has 0 fully saturated rings. The maximum atomic E-state index is 12.0. The predicted octanol–water partition coefficient (Wildman–Crippen LogP) is 3.54. The van der Waals surface area contributed by atoms with Crippen molar-refractivity contribution >= 4 is 35.3 Å². The van der Waals surface area contributed by atoms with E-state index in [0.717, 1.165) is 5.56 Å². The largest absolute Gasteiger partial charge is 0.289 e. The van der Waals surface area contributed by atoms with Gasteiger partial charge in [-0.3, -0.25) is 14.9 Å². The Kier molecular flexibility index (Phi) is 4.88. The Morgan fingerprint density at radius 1 is 1.17 bits per heavy atom. The Hall–Kier alpha value is -2.70. The third kappa shape index (κ3) is 3.79. The molecule has 0 unspecified atom stereocenters. The van der Waals surface area contributed by atoms with Crippen molar-refractivity contribution in [3.63, 3.8) is 0 Å². The highest BCUT2D eigenvalue weighted by molar-refractivity contribution is 6.42. The fraction of sp³-hybridized carbons (Fsp3) is 0. The number of aromatic nitrogens is 3. The van der Waals surface area contributed by atoms with Gasteiger partial charge < -0.3 is 0 Å². The zero-order chi connectivity index (χ0) is 16.9. The number of hydrazone groups is 1. The first kappa shape index (κ1) is 16.2. The minimum Gasteiger partial charge on any atom is -0.272 e. The van der Waals surface area contributed by atoms with Crippen molar-refractivity contribution in [1.82, 2.24) is 20.6 Å². The number of pyridine rings is 1. The first-order valence-electron chi connectivity index (χ1n) is 6.89. The molecule has 3 aromatic rings. The first-order valence-corrected chi connectivity index (χ1v) is 7.64. The fourth-order valence-corrected chi connectivity index (χ4v) is 2.21. The van der Waals surface area contributed by atoms with Gasteiger partial charge in [-0.05, 0) is 30.3 Å². The molecule has 2 N–H and O–H groups in total. The van der Waals surface area contributed by atoms with Gasteiger partial charge in [0.1, 0.15) is 5.69 Å².